The molecule has 0 aliphatic rings. The molecule has 0 spiro atoms. The number of non-ortho nitro benzene ring substituents is 1. The lowest BCUT2D eigenvalue weighted by Gasteiger charge is -1.99. The summed E-state index contributed by atoms with van der Waals surface area (Å²) >= 11 is 0. The van der Waals surface area contributed by atoms with Gasteiger partial charge in [-0.15, -0.1) is 0 Å². The van der Waals surface area contributed by atoms with Gasteiger partial charge in [-0.2, -0.15) is 0 Å². The molecule has 19 heavy (non-hydrogen) atoms. The third-order valence-electron chi connectivity index (χ3n) is 3.38. The summed E-state index contributed by atoms with van der Waals surface area (Å²) in [6.45, 7) is 3.81. The number of benzene rings is 2. The summed E-state index contributed by atoms with van der Waals surface area (Å²) in [6, 6.07) is 7.05. The minimum absolute atomic E-state index is 0.103. The summed E-state index contributed by atoms with van der Waals surface area (Å²) in [5, 5.41) is 12.7. The van der Waals surface area contributed by atoms with Gasteiger partial charge in [-0.1, -0.05) is 0 Å². The van der Waals surface area contributed by atoms with Crippen molar-refractivity contribution in [2.75, 3.05) is 5.73 Å². The number of fused-ring (bicyclic) bond motifs is 3. The number of anilines is 1. The molecule has 3 rings (SSSR count). The van der Waals surface area contributed by atoms with Crippen LogP contribution in [-0.4, -0.2) is 9.91 Å². The maximum absolute atomic E-state index is 11.0. The highest BCUT2D eigenvalue weighted by molar-refractivity contribution is 6.12. The third-order valence-corrected chi connectivity index (χ3v) is 3.38. The lowest BCUT2D eigenvalue weighted by molar-refractivity contribution is -0.384. The summed E-state index contributed by atoms with van der Waals surface area (Å²) in [5.74, 6) is 0. The zero-order chi connectivity index (χ0) is 13.7. The minimum Gasteiger partial charge on any atom is -0.397 e. The van der Waals surface area contributed by atoms with Crippen molar-refractivity contribution in [3.63, 3.8) is 0 Å². The van der Waals surface area contributed by atoms with E-state index >= 15 is 0 Å². The Labute approximate surface area is 109 Å². The number of aromatic nitrogens is 1. The summed E-state index contributed by atoms with van der Waals surface area (Å²) in [4.78, 5) is 13.8. The van der Waals surface area contributed by atoms with Crippen LogP contribution in [0.1, 0.15) is 11.1 Å². The molecule has 5 heteroatoms. The molecule has 0 saturated carbocycles. The first-order valence-corrected chi connectivity index (χ1v) is 5.94. The third kappa shape index (κ3) is 1.62. The maximum atomic E-state index is 11.0. The summed E-state index contributed by atoms with van der Waals surface area (Å²) in [5.41, 5.74) is 10.4. The van der Waals surface area contributed by atoms with Crippen molar-refractivity contribution in [1.29, 1.82) is 0 Å². The van der Waals surface area contributed by atoms with Crippen molar-refractivity contribution in [2.45, 2.75) is 13.8 Å². The van der Waals surface area contributed by atoms with Crippen molar-refractivity contribution in [2.24, 2.45) is 0 Å². The van der Waals surface area contributed by atoms with E-state index in [-0.39, 0.29) is 10.6 Å². The molecule has 0 saturated heterocycles. The molecule has 3 aromatic rings. The molecule has 2 aromatic carbocycles. The summed E-state index contributed by atoms with van der Waals surface area (Å²) in [7, 11) is 0. The fourth-order valence-electron chi connectivity index (χ4n) is 2.54. The molecule has 96 valence electrons. The van der Waals surface area contributed by atoms with Crippen LogP contribution in [0.25, 0.3) is 21.8 Å². The van der Waals surface area contributed by atoms with E-state index in [1.807, 2.05) is 26.0 Å². The summed E-state index contributed by atoms with van der Waals surface area (Å²) in [6.07, 6.45) is 0. The fourth-order valence-corrected chi connectivity index (χ4v) is 2.54. The monoisotopic (exact) mass is 255 g/mol. The van der Waals surface area contributed by atoms with Crippen LogP contribution in [0.4, 0.5) is 11.4 Å². The van der Waals surface area contributed by atoms with E-state index in [0.29, 0.717) is 5.69 Å². The largest absolute Gasteiger partial charge is 0.397 e. The first-order chi connectivity index (χ1) is 8.97. The van der Waals surface area contributed by atoms with Gasteiger partial charge >= 0.3 is 0 Å². The van der Waals surface area contributed by atoms with E-state index in [1.165, 1.54) is 0 Å². The highest BCUT2D eigenvalue weighted by Crippen LogP contribution is 2.34. The van der Waals surface area contributed by atoms with E-state index in [0.717, 1.165) is 32.9 Å². The van der Waals surface area contributed by atoms with Crippen LogP contribution < -0.4 is 5.73 Å². The van der Waals surface area contributed by atoms with E-state index in [4.69, 9.17) is 5.73 Å². The van der Waals surface area contributed by atoms with Crippen molar-refractivity contribution in [3.05, 3.63) is 45.5 Å². The molecular weight excluding hydrogens is 242 g/mol. The van der Waals surface area contributed by atoms with Gasteiger partial charge in [-0.3, -0.25) is 10.1 Å². The van der Waals surface area contributed by atoms with E-state index in [1.54, 1.807) is 12.1 Å². The molecule has 5 nitrogen and oxygen atoms in total. The second kappa shape index (κ2) is 3.71. The van der Waals surface area contributed by atoms with Crippen molar-refractivity contribution >= 4 is 33.2 Å². The van der Waals surface area contributed by atoms with Crippen molar-refractivity contribution in [1.82, 2.24) is 4.98 Å². The second-order valence-corrected chi connectivity index (χ2v) is 4.84. The fraction of sp³-hybridized carbons (Fsp3) is 0.143. The number of nitrogen functional groups attached to an aromatic ring is 1. The molecule has 0 atom stereocenters. The predicted molar refractivity (Wildman–Crippen MR) is 76.3 cm³/mol. The number of aryl methyl sites for hydroxylation is 2. The van der Waals surface area contributed by atoms with Gasteiger partial charge in [-0.05, 0) is 37.1 Å². The Morgan fingerprint density at radius 3 is 2.47 bits per heavy atom. The SMILES string of the molecule is Cc1cc(N)c2[nH]c3c(C)cc([N+](=O)[O-])cc3c2c1. The number of aromatic amines is 1. The molecular formula is C14H13N3O2. The van der Waals surface area contributed by atoms with Gasteiger partial charge in [0.05, 0.1) is 16.1 Å². The highest BCUT2D eigenvalue weighted by Gasteiger charge is 2.14. The molecule has 0 unspecified atom stereocenters. The molecule has 0 fully saturated rings. The lowest BCUT2D eigenvalue weighted by Crippen LogP contribution is -1.88. The van der Waals surface area contributed by atoms with Crippen LogP contribution in [0.5, 0.6) is 0 Å². The number of nitrogens with one attached hydrogen (secondary N) is 1. The van der Waals surface area contributed by atoms with Gasteiger partial charge in [0, 0.05) is 28.4 Å². The number of nitro groups is 1. The molecule has 0 radical (unpaired) electrons. The summed E-state index contributed by atoms with van der Waals surface area (Å²) < 4.78 is 0. The second-order valence-electron chi connectivity index (χ2n) is 4.84. The van der Waals surface area contributed by atoms with Crippen LogP contribution in [-0.2, 0) is 0 Å². The van der Waals surface area contributed by atoms with E-state index < -0.39 is 0 Å². The Bertz CT molecular complexity index is 834. The lowest BCUT2D eigenvalue weighted by atomic mass is 10.1. The minimum atomic E-state index is -0.371. The number of nitrogens with zero attached hydrogens (tertiary/aromatic N) is 1. The zero-order valence-electron chi connectivity index (χ0n) is 10.7. The van der Waals surface area contributed by atoms with Crippen LogP contribution in [0.2, 0.25) is 0 Å². The van der Waals surface area contributed by atoms with Gasteiger partial charge in [0.15, 0.2) is 0 Å². The first-order valence-electron chi connectivity index (χ1n) is 5.94. The average Bonchev–Trinajstić information content (AvgIpc) is 2.69. The van der Waals surface area contributed by atoms with Gasteiger partial charge < -0.3 is 10.7 Å². The first kappa shape index (κ1) is 11.5. The number of nitrogens with two attached hydrogens (primary N) is 1. The Hall–Kier alpha value is -2.56. The number of nitro benzene ring substituents is 1. The Kier molecular flexibility index (Phi) is 2.25. The molecule has 3 N–H and O–H groups in total. The Balaban J connectivity index is 2.52. The molecule has 0 amide bonds. The molecule has 0 bridgehead atoms. The zero-order valence-corrected chi connectivity index (χ0v) is 10.7. The molecule has 1 aromatic heterocycles. The van der Waals surface area contributed by atoms with Gasteiger partial charge in [0.25, 0.3) is 5.69 Å². The van der Waals surface area contributed by atoms with Crippen molar-refractivity contribution in [3.8, 4) is 0 Å². The van der Waals surface area contributed by atoms with Crippen LogP contribution in [0.3, 0.4) is 0 Å². The maximum Gasteiger partial charge on any atom is 0.270 e. The number of rotatable bonds is 1. The van der Waals surface area contributed by atoms with Crippen LogP contribution >= 0.6 is 0 Å². The number of hydrogen-bond acceptors (Lipinski definition) is 3. The standard InChI is InChI=1S/C14H13N3O2/c1-7-3-10-11-6-9(17(18)19)5-8(2)13(11)16-14(10)12(15)4-7/h3-6,16H,15H2,1-2H3. The average molecular weight is 255 g/mol. The predicted octanol–water partition coefficient (Wildman–Crippen LogP) is 3.43. The van der Waals surface area contributed by atoms with Crippen LogP contribution in [0, 0.1) is 24.0 Å². The molecule has 0 aliphatic heterocycles. The van der Waals surface area contributed by atoms with Gasteiger partial charge in [0.1, 0.15) is 0 Å². The Morgan fingerprint density at radius 2 is 1.79 bits per heavy atom. The smallest absolute Gasteiger partial charge is 0.270 e. The van der Waals surface area contributed by atoms with Crippen LogP contribution in [0.15, 0.2) is 24.3 Å². The van der Waals surface area contributed by atoms with E-state index in [2.05, 4.69) is 4.98 Å². The number of hydrogen-bond donors (Lipinski definition) is 2. The highest BCUT2D eigenvalue weighted by atomic mass is 16.6. The topological polar surface area (TPSA) is 85.0 Å². The van der Waals surface area contributed by atoms with Gasteiger partial charge in [-0.25, -0.2) is 0 Å². The Morgan fingerprint density at radius 1 is 1.11 bits per heavy atom. The van der Waals surface area contributed by atoms with Gasteiger partial charge in [0.2, 0.25) is 0 Å². The molecule has 1 heterocycles. The number of H-pyrrole nitrogens is 1. The normalized spacial score (nSPS) is 11.3. The quantitative estimate of drug-likeness (QED) is 0.397. The molecule has 0 aliphatic carbocycles. The van der Waals surface area contributed by atoms with E-state index in [9.17, 15) is 10.1 Å². The van der Waals surface area contributed by atoms with Crippen molar-refractivity contribution < 1.29 is 4.92 Å².